The molecule has 30 heavy (non-hydrogen) atoms. The Balaban J connectivity index is 1.61. The van der Waals surface area contributed by atoms with Gasteiger partial charge in [0, 0.05) is 31.7 Å². The predicted octanol–water partition coefficient (Wildman–Crippen LogP) is 3.12. The molecule has 0 spiro atoms. The molecule has 1 aromatic heterocycles. The van der Waals surface area contributed by atoms with Crippen LogP contribution in [0.25, 0.3) is 11.5 Å². The normalized spacial score (nSPS) is 15.7. The number of carbonyl (C=O) groups excluding carboxylic acids is 1. The molecule has 1 amide bonds. The molecule has 0 N–H and O–H groups in total. The Bertz CT molecular complexity index is 947. The van der Waals surface area contributed by atoms with E-state index in [2.05, 4.69) is 17.1 Å². The smallest absolute Gasteiger partial charge is 0.277 e. The molecule has 10 heteroatoms. The molecule has 0 atom stereocenters. The van der Waals surface area contributed by atoms with Gasteiger partial charge in [0.1, 0.15) is 0 Å². The van der Waals surface area contributed by atoms with Gasteiger partial charge < -0.3 is 9.32 Å². The van der Waals surface area contributed by atoms with Crippen LogP contribution in [0.2, 0.25) is 0 Å². The fraction of sp³-hybridized carbons (Fsp3) is 0.550. The first-order valence-electron chi connectivity index (χ1n) is 10.2. The van der Waals surface area contributed by atoms with Gasteiger partial charge >= 0.3 is 0 Å². The molecule has 2 heterocycles. The molecule has 1 aliphatic rings. The molecule has 1 saturated heterocycles. The Morgan fingerprint density at radius 2 is 1.80 bits per heavy atom. The zero-order chi connectivity index (χ0) is 21.7. The summed E-state index contributed by atoms with van der Waals surface area (Å²) in [4.78, 5) is 14.5. The van der Waals surface area contributed by atoms with Crippen LogP contribution in [0.3, 0.4) is 0 Å². The number of sulfonamides is 1. The lowest BCUT2D eigenvalue weighted by atomic mass is 9.99. The van der Waals surface area contributed by atoms with Crippen LogP contribution < -0.4 is 0 Å². The van der Waals surface area contributed by atoms with E-state index in [1.807, 2.05) is 18.7 Å². The molecule has 2 aromatic rings. The van der Waals surface area contributed by atoms with Crippen molar-refractivity contribution in [3.05, 3.63) is 24.3 Å². The molecule has 1 aliphatic heterocycles. The van der Waals surface area contributed by atoms with E-state index in [1.165, 1.54) is 16.1 Å². The van der Waals surface area contributed by atoms with Gasteiger partial charge in [0.05, 0.1) is 10.6 Å². The topological polar surface area (TPSA) is 96.6 Å². The highest BCUT2D eigenvalue weighted by Crippen LogP contribution is 2.26. The second kappa shape index (κ2) is 9.93. The van der Waals surface area contributed by atoms with E-state index in [4.69, 9.17) is 4.42 Å². The molecule has 0 radical (unpaired) electrons. The van der Waals surface area contributed by atoms with E-state index >= 15 is 0 Å². The van der Waals surface area contributed by atoms with Crippen molar-refractivity contribution in [3.63, 3.8) is 0 Å². The molecule has 1 aromatic carbocycles. The first kappa shape index (κ1) is 22.8. The minimum absolute atomic E-state index is 0.0811. The molecule has 0 unspecified atom stereocenters. The lowest BCUT2D eigenvalue weighted by molar-refractivity contribution is -0.129. The number of benzene rings is 1. The van der Waals surface area contributed by atoms with Crippen LogP contribution in [0.4, 0.5) is 0 Å². The second-order valence-electron chi connectivity index (χ2n) is 7.34. The number of aromatic nitrogens is 2. The van der Waals surface area contributed by atoms with Crippen molar-refractivity contribution >= 4 is 27.7 Å². The number of piperidine rings is 1. The number of hydrogen-bond donors (Lipinski definition) is 0. The van der Waals surface area contributed by atoms with E-state index in [1.54, 1.807) is 24.3 Å². The largest absolute Gasteiger partial charge is 0.411 e. The molecule has 1 fully saturated rings. The zero-order valence-corrected chi connectivity index (χ0v) is 19.2. The van der Waals surface area contributed by atoms with Gasteiger partial charge in [-0.25, -0.2) is 8.42 Å². The third-order valence-electron chi connectivity index (χ3n) is 5.31. The number of rotatable bonds is 8. The van der Waals surface area contributed by atoms with Gasteiger partial charge in [0.25, 0.3) is 5.22 Å². The minimum Gasteiger partial charge on any atom is -0.411 e. The summed E-state index contributed by atoms with van der Waals surface area (Å²) in [5, 5.41) is 8.34. The van der Waals surface area contributed by atoms with Crippen molar-refractivity contribution in [2.24, 2.45) is 5.92 Å². The van der Waals surface area contributed by atoms with Gasteiger partial charge in [0.2, 0.25) is 21.8 Å². The first-order chi connectivity index (χ1) is 14.3. The van der Waals surface area contributed by atoms with Crippen LogP contribution >= 0.6 is 11.8 Å². The summed E-state index contributed by atoms with van der Waals surface area (Å²) in [5.41, 5.74) is 0.629. The van der Waals surface area contributed by atoms with Crippen molar-refractivity contribution in [2.45, 2.75) is 43.7 Å². The molecule has 164 valence electrons. The standard InChI is InChI=1S/C20H28N4O4S2/c1-4-24(5-2)30(26,27)17-8-6-16(7-9-17)19-21-22-20(28-19)29-14-18(25)23-12-10-15(3)11-13-23/h6-9,15H,4-5,10-14H2,1-3H3. The lowest BCUT2D eigenvalue weighted by Gasteiger charge is -2.30. The van der Waals surface area contributed by atoms with Crippen LogP contribution in [0, 0.1) is 5.92 Å². The lowest BCUT2D eigenvalue weighted by Crippen LogP contribution is -2.38. The Kier molecular flexibility index (Phi) is 7.54. The van der Waals surface area contributed by atoms with Crippen LogP contribution in [0.15, 0.2) is 38.8 Å². The second-order valence-corrected chi connectivity index (χ2v) is 10.2. The average Bonchev–Trinajstić information content (AvgIpc) is 3.22. The molecule has 8 nitrogen and oxygen atoms in total. The highest BCUT2D eigenvalue weighted by Gasteiger charge is 2.23. The van der Waals surface area contributed by atoms with Crippen LogP contribution in [-0.4, -0.2) is 65.7 Å². The van der Waals surface area contributed by atoms with Crippen molar-refractivity contribution in [1.82, 2.24) is 19.4 Å². The fourth-order valence-corrected chi connectivity index (χ4v) is 5.46. The maximum atomic E-state index is 12.6. The Hall–Kier alpha value is -1.91. The van der Waals surface area contributed by atoms with E-state index in [0.717, 1.165) is 25.9 Å². The Morgan fingerprint density at radius 3 is 2.40 bits per heavy atom. The van der Waals surface area contributed by atoms with E-state index in [0.29, 0.717) is 35.7 Å². The van der Waals surface area contributed by atoms with E-state index < -0.39 is 10.0 Å². The Labute approximate surface area is 182 Å². The molecule has 0 bridgehead atoms. The first-order valence-corrected chi connectivity index (χ1v) is 12.6. The van der Waals surface area contributed by atoms with Crippen molar-refractivity contribution in [2.75, 3.05) is 31.9 Å². The predicted molar refractivity (Wildman–Crippen MR) is 116 cm³/mol. The van der Waals surface area contributed by atoms with Gasteiger partial charge in [-0.1, -0.05) is 32.5 Å². The molecular formula is C20H28N4O4S2. The number of hydrogen-bond acceptors (Lipinski definition) is 7. The summed E-state index contributed by atoms with van der Waals surface area (Å²) >= 11 is 1.22. The van der Waals surface area contributed by atoms with E-state index in [-0.39, 0.29) is 16.6 Å². The van der Waals surface area contributed by atoms with Crippen molar-refractivity contribution in [1.29, 1.82) is 0 Å². The van der Waals surface area contributed by atoms with Crippen LogP contribution in [-0.2, 0) is 14.8 Å². The third kappa shape index (κ3) is 5.22. The zero-order valence-electron chi connectivity index (χ0n) is 17.6. The molecule has 0 aliphatic carbocycles. The average molecular weight is 453 g/mol. The highest BCUT2D eigenvalue weighted by molar-refractivity contribution is 7.99. The van der Waals surface area contributed by atoms with Gasteiger partial charge in [0.15, 0.2) is 0 Å². The maximum Gasteiger partial charge on any atom is 0.277 e. The highest BCUT2D eigenvalue weighted by atomic mass is 32.2. The van der Waals surface area contributed by atoms with Crippen molar-refractivity contribution in [3.8, 4) is 11.5 Å². The SMILES string of the molecule is CCN(CC)S(=O)(=O)c1ccc(-c2nnc(SCC(=O)N3CCC(C)CC3)o2)cc1. The quantitative estimate of drug-likeness (QED) is 0.568. The van der Waals surface area contributed by atoms with Gasteiger partial charge in [-0.15, -0.1) is 10.2 Å². The monoisotopic (exact) mass is 452 g/mol. The van der Waals surface area contributed by atoms with E-state index in [9.17, 15) is 13.2 Å². The summed E-state index contributed by atoms with van der Waals surface area (Å²) < 4.78 is 32.2. The number of likely N-dealkylation sites (tertiary alicyclic amines) is 1. The number of amides is 1. The van der Waals surface area contributed by atoms with Gasteiger partial charge in [-0.2, -0.15) is 4.31 Å². The third-order valence-corrected chi connectivity index (χ3v) is 8.17. The molecular weight excluding hydrogens is 424 g/mol. The minimum atomic E-state index is -3.51. The Morgan fingerprint density at radius 1 is 1.17 bits per heavy atom. The molecule has 0 saturated carbocycles. The summed E-state index contributed by atoms with van der Waals surface area (Å²) in [6.45, 7) is 8.27. The fourth-order valence-electron chi connectivity index (χ4n) is 3.34. The number of carbonyl (C=O) groups is 1. The summed E-state index contributed by atoms with van der Waals surface area (Å²) in [7, 11) is -3.51. The maximum absolute atomic E-state index is 12.6. The van der Waals surface area contributed by atoms with Crippen LogP contribution in [0.1, 0.15) is 33.6 Å². The number of nitrogens with zero attached hydrogens (tertiary/aromatic N) is 4. The van der Waals surface area contributed by atoms with Crippen molar-refractivity contribution < 1.29 is 17.6 Å². The number of thioether (sulfide) groups is 1. The van der Waals surface area contributed by atoms with Gasteiger partial charge in [-0.05, 0) is 43.0 Å². The summed E-state index contributed by atoms with van der Waals surface area (Å²) in [6, 6.07) is 6.39. The summed E-state index contributed by atoms with van der Waals surface area (Å²) in [6.07, 6.45) is 2.09. The van der Waals surface area contributed by atoms with Gasteiger partial charge in [-0.3, -0.25) is 4.79 Å². The molecule has 3 rings (SSSR count). The summed E-state index contributed by atoms with van der Waals surface area (Å²) in [5.74, 6) is 1.31. The van der Waals surface area contributed by atoms with Crippen LogP contribution in [0.5, 0.6) is 0 Å².